The van der Waals surface area contributed by atoms with Crippen molar-refractivity contribution in [3.63, 3.8) is 0 Å². The highest BCUT2D eigenvalue weighted by atomic mass is 32.1. The Morgan fingerprint density at radius 1 is 1.33 bits per heavy atom. The number of amides is 1. The molecule has 0 aliphatic carbocycles. The van der Waals surface area contributed by atoms with Gasteiger partial charge in [0.25, 0.3) is 5.91 Å². The summed E-state index contributed by atoms with van der Waals surface area (Å²) in [5.41, 5.74) is 1.26. The van der Waals surface area contributed by atoms with Gasteiger partial charge in [0.2, 0.25) is 0 Å². The van der Waals surface area contributed by atoms with Crippen molar-refractivity contribution in [2.24, 2.45) is 0 Å². The number of rotatable bonds is 2. The predicted octanol–water partition coefficient (Wildman–Crippen LogP) is 3.29. The molecule has 108 valence electrons. The van der Waals surface area contributed by atoms with E-state index in [2.05, 4.69) is 20.5 Å². The molecule has 2 N–H and O–H groups in total. The van der Waals surface area contributed by atoms with Crippen molar-refractivity contribution in [1.29, 1.82) is 0 Å². The Labute approximate surface area is 119 Å². The molecule has 5 nitrogen and oxygen atoms in total. The highest BCUT2D eigenvalue weighted by Gasteiger charge is 2.31. The number of aromatic amines is 1. The van der Waals surface area contributed by atoms with Crippen LogP contribution in [0.25, 0.3) is 10.9 Å². The van der Waals surface area contributed by atoms with Gasteiger partial charge in [-0.3, -0.25) is 9.89 Å². The first kappa shape index (κ1) is 13.6. The Morgan fingerprint density at radius 3 is 2.81 bits per heavy atom. The standard InChI is InChI=1S/C12H7F3N4OS/c13-12(14,15)6-1-2-8-7(3-6)10(19-18-8)17-11(20)9-4-21-5-16-9/h1-5H,(H2,17,18,19,20). The minimum Gasteiger partial charge on any atom is -0.303 e. The number of nitrogens with one attached hydrogen (secondary N) is 2. The van der Waals surface area contributed by atoms with Gasteiger partial charge in [0.1, 0.15) is 5.69 Å². The van der Waals surface area contributed by atoms with Crippen molar-refractivity contribution in [1.82, 2.24) is 15.2 Å². The van der Waals surface area contributed by atoms with Gasteiger partial charge in [-0.25, -0.2) is 4.98 Å². The van der Waals surface area contributed by atoms with Crippen LogP contribution in [0.2, 0.25) is 0 Å². The quantitative estimate of drug-likeness (QED) is 0.763. The SMILES string of the molecule is O=C(Nc1n[nH]c2ccc(C(F)(F)F)cc12)c1cscn1. The van der Waals surface area contributed by atoms with Crippen LogP contribution in [-0.4, -0.2) is 21.1 Å². The summed E-state index contributed by atoms with van der Waals surface area (Å²) in [5.74, 6) is -0.490. The van der Waals surface area contributed by atoms with Crippen LogP contribution in [0, 0.1) is 0 Å². The van der Waals surface area contributed by atoms with E-state index in [-0.39, 0.29) is 16.9 Å². The van der Waals surface area contributed by atoms with Crippen molar-refractivity contribution in [2.45, 2.75) is 6.18 Å². The average molecular weight is 312 g/mol. The van der Waals surface area contributed by atoms with E-state index in [0.717, 1.165) is 12.1 Å². The summed E-state index contributed by atoms with van der Waals surface area (Å²) in [6, 6.07) is 3.16. The van der Waals surface area contributed by atoms with E-state index in [9.17, 15) is 18.0 Å². The molecule has 9 heteroatoms. The largest absolute Gasteiger partial charge is 0.416 e. The maximum absolute atomic E-state index is 12.7. The monoisotopic (exact) mass is 312 g/mol. The fraction of sp³-hybridized carbons (Fsp3) is 0.0833. The number of hydrogen-bond acceptors (Lipinski definition) is 4. The number of anilines is 1. The van der Waals surface area contributed by atoms with Crippen LogP contribution in [0.4, 0.5) is 19.0 Å². The molecule has 0 saturated heterocycles. The van der Waals surface area contributed by atoms with Crippen LogP contribution in [0.1, 0.15) is 16.1 Å². The highest BCUT2D eigenvalue weighted by Crippen LogP contribution is 2.32. The molecule has 0 spiro atoms. The Balaban J connectivity index is 1.97. The van der Waals surface area contributed by atoms with E-state index < -0.39 is 17.6 Å². The number of thiazole rings is 1. The van der Waals surface area contributed by atoms with Crippen molar-refractivity contribution in [3.05, 3.63) is 40.3 Å². The van der Waals surface area contributed by atoms with Crippen LogP contribution in [0.3, 0.4) is 0 Å². The van der Waals surface area contributed by atoms with E-state index in [1.165, 1.54) is 28.3 Å². The van der Waals surface area contributed by atoms with Gasteiger partial charge in [-0.15, -0.1) is 11.3 Å². The summed E-state index contributed by atoms with van der Waals surface area (Å²) < 4.78 is 38.1. The van der Waals surface area contributed by atoms with Crippen molar-refractivity contribution < 1.29 is 18.0 Å². The Bertz CT molecular complexity index is 795. The lowest BCUT2D eigenvalue weighted by Crippen LogP contribution is -2.12. The van der Waals surface area contributed by atoms with Crippen LogP contribution in [-0.2, 0) is 6.18 Å². The third kappa shape index (κ3) is 2.59. The normalized spacial score (nSPS) is 11.8. The van der Waals surface area contributed by atoms with Gasteiger partial charge in [0.15, 0.2) is 5.82 Å². The highest BCUT2D eigenvalue weighted by molar-refractivity contribution is 7.07. The summed E-state index contributed by atoms with van der Waals surface area (Å²) >= 11 is 1.24. The molecule has 3 aromatic rings. The Kier molecular flexibility index (Phi) is 3.13. The number of alkyl halides is 3. The minimum atomic E-state index is -4.46. The fourth-order valence-electron chi connectivity index (χ4n) is 1.78. The van der Waals surface area contributed by atoms with Crippen LogP contribution < -0.4 is 5.32 Å². The number of H-pyrrole nitrogens is 1. The van der Waals surface area contributed by atoms with Gasteiger partial charge in [-0.1, -0.05) is 0 Å². The molecule has 1 aromatic carbocycles. The number of carbonyl (C=O) groups is 1. The van der Waals surface area contributed by atoms with Gasteiger partial charge < -0.3 is 5.32 Å². The smallest absolute Gasteiger partial charge is 0.303 e. The predicted molar refractivity (Wildman–Crippen MR) is 71.2 cm³/mol. The van der Waals surface area contributed by atoms with Gasteiger partial charge in [0, 0.05) is 10.8 Å². The van der Waals surface area contributed by atoms with E-state index >= 15 is 0 Å². The zero-order chi connectivity index (χ0) is 15.0. The summed E-state index contributed by atoms with van der Waals surface area (Å²) in [6.07, 6.45) is -4.46. The van der Waals surface area contributed by atoms with Gasteiger partial charge in [0.05, 0.1) is 16.6 Å². The van der Waals surface area contributed by atoms with E-state index in [0.29, 0.717) is 5.52 Å². The van der Waals surface area contributed by atoms with E-state index in [4.69, 9.17) is 0 Å². The third-order valence-corrected chi connectivity index (χ3v) is 3.37. The van der Waals surface area contributed by atoms with Crippen molar-refractivity contribution >= 4 is 34.0 Å². The second-order valence-electron chi connectivity index (χ2n) is 4.16. The number of benzene rings is 1. The number of nitrogens with zero attached hydrogens (tertiary/aromatic N) is 2. The zero-order valence-electron chi connectivity index (χ0n) is 10.2. The molecule has 0 bridgehead atoms. The molecule has 3 rings (SSSR count). The van der Waals surface area contributed by atoms with Crippen LogP contribution in [0.15, 0.2) is 29.1 Å². The summed E-state index contributed by atoms with van der Waals surface area (Å²) in [4.78, 5) is 15.7. The second kappa shape index (κ2) is 4.85. The zero-order valence-corrected chi connectivity index (χ0v) is 11.0. The fourth-order valence-corrected chi connectivity index (χ4v) is 2.31. The molecule has 0 aliphatic heterocycles. The first-order valence-corrected chi connectivity index (χ1v) is 6.64. The molecule has 21 heavy (non-hydrogen) atoms. The first-order chi connectivity index (χ1) is 9.95. The summed E-state index contributed by atoms with van der Waals surface area (Å²) in [7, 11) is 0. The third-order valence-electron chi connectivity index (χ3n) is 2.79. The molecule has 0 saturated carbocycles. The maximum atomic E-state index is 12.7. The lowest BCUT2D eigenvalue weighted by molar-refractivity contribution is -0.137. The molecule has 2 heterocycles. The second-order valence-corrected chi connectivity index (χ2v) is 4.88. The molecule has 1 amide bonds. The molecule has 0 atom stereocenters. The summed E-state index contributed by atoms with van der Waals surface area (Å²) in [5, 5.41) is 10.6. The van der Waals surface area contributed by atoms with Gasteiger partial charge in [-0.2, -0.15) is 18.3 Å². The first-order valence-electron chi connectivity index (χ1n) is 5.70. The number of carbonyl (C=O) groups excluding carboxylic acids is 1. The van der Waals surface area contributed by atoms with Crippen LogP contribution in [0.5, 0.6) is 0 Å². The summed E-state index contributed by atoms with van der Waals surface area (Å²) in [6.45, 7) is 0. The van der Waals surface area contributed by atoms with Crippen LogP contribution >= 0.6 is 11.3 Å². The minimum absolute atomic E-state index is 0.0362. The van der Waals surface area contributed by atoms with E-state index in [1.807, 2.05) is 0 Å². The maximum Gasteiger partial charge on any atom is 0.416 e. The van der Waals surface area contributed by atoms with Crippen molar-refractivity contribution in [3.8, 4) is 0 Å². The molecule has 0 unspecified atom stereocenters. The molecular formula is C12H7F3N4OS. The molecule has 0 aliphatic rings. The molecule has 0 radical (unpaired) electrons. The molecule has 0 fully saturated rings. The number of aromatic nitrogens is 3. The van der Waals surface area contributed by atoms with Gasteiger partial charge >= 0.3 is 6.18 Å². The average Bonchev–Trinajstić information content (AvgIpc) is 3.07. The number of hydrogen-bond donors (Lipinski definition) is 2. The van der Waals surface area contributed by atoms with E-state index in [1.54, 1.807) is 0 Å². The topological polar surface area (TPSA) is 70.7 Å². The lowest BCUT2D eigenvalue weighted by atomic mass is 10.1. The van der Waals surface area contributed by atoms with Crippen molar-refractivity contribution in [2.75, 3.05) is 5.32 Å². The van der Waals surface area contributed by atoms with Gasteiger partial charge in [-0.05, 0) is 18.2 Å². The lowest BCUT2D eigenvalue weighted by Gasteiger charge is -2.06. The Morgan fingerprint density at radius 2 is 2.14 bits per heavy atom. The molecular weight excluding hydrogens is 305 g/mol. The number of fused-ring (bicyclic) bond motifs is 1. The number of halogens is 3. The Hall–Kier alpha value is -2.42. The molecule has 2 aromatic heterocycles.